The summed E-state index contributed by atoms with van der Waals surface area (Å²) >= 11 is 2.97. The van der Waals surface area contributed by atoms with E-state index in [1.54, 1.807) is 18.4 Å². The van der Waals surface area contributed by atoms with Crippen LogP contribution in [0.1, 0.15) is 5.01 Å². The summed E-state index contributed by atoms with van der Waals surface area (Å²) in [5.74, 6) is 0.447. The first-order chi connectivity index (χ1) is 15.5. The maximum Gasteiger partial charge on any atom is 0.263 e. The molecule has 0 saturated heterocycles. The lowest BCUT2D eigenvalue weighted by atomic mass is 10.1. The Balaban J connectivity index is 1.42. The van der Waals surface area contributed by atoms with Gasteiger partial charge in [-0.15, -0.1) is 22.7 Å². The minimum Gasteiger partial charge on any atom is -0.497 e. The Morgan fingerprint density at radius 2 is 2.00 bits per heavy atom. The third-order valence-electron chi connectivity index (χ3n) is 5.05. The van der Waals surface area contributed by atoms with Crippen molar-refractivity contribution >= 4 is 54.7 Å². The number of ether oxygens (including phenoxy) is 1. The Bertz CT molecular complexity index is 1520. The van der Waals surface area contributed by atoms with E-state index in [-0.39, 0.29) is 18.0 Å². The predicted octanol–water partition coefficient (Wildman–Crippen LogP) is 4.69. The van der Waals surface area contributed by atoms with Crippen LogP contribution in [0.4, 0.5) is 5.69 Å². The van der Waals surface area contributed by atoms with E-state index in [1.165, 1.54) is 22.2 Å². The molecule has 3 aromatic heterocycles. The molecule has 160 valence electrons. The monoisotopic (exact) mass is 462 g/mol. The number of anilines is 1. The molecule has 5 aromatic rings. The van der Waals surface area contributed by atoms with Crippen LogP contribution < -0.4 is 15.6 Å². The summed E-state index contributed by atoms with van der Waals surface area (Å²) in [4.78, 5) is 35.3. The number of carbonyl (C=O) groups is 1. The number of amides is 1. The van der Waals surface area contributed by atoms with Crippen LogP contribution in [0, 0.1) is 6.92 Å². The highest BCUT2D eigenvalue weighted by atomic mass is 32.1. The van der Waals surface area contributed by atoms with Crippen LogP contribution in [0.15, 0.2) is 59.0 Å². The average Bonchev–Trinajstić information content (AvgIpc) is 3.38. The van der Waals surface area contributed by atoms with Crippen molar-refractivity contribution in [3.63, 3.8) is 0 Å². The van der Waals surface area contributed by atoms with E-state index in [9.17, 15) is 9.59 Å². The molecule has 0 aliphatic heterocycles. The van der Waals surface area contributed by atoms with Crippen molar-refractivity contribution in [2.24, 2.45) is 0 Å². The van der Waals surface area contributed by atoms with Crippen molar-refractivity contribution in [2.45, 2.75) is 13.5 Å². The van der Waals surface area contributed by atoms with Gasteiger partial charge in [-0.3, -0.25) is 14.2 Å². The molecule has 1 amide bonds. The predicted molar refractivity (Wildman–Crippen MR) is 129 cm³/mol. The molecule has 1 N–H and O–H groups in total. The second-order valence-corrected chi connectivity index (χ2v) is 9.29. The highest BCUT2D eigenvalue weighted by Gasteiger charge is 2.15. The SMILES string of the molecule is COc1ccc(-c2csc3ncn(CC(=O)Nc4ccc5nc(C)sc5c4)c(=O)c23)cc1. The summed E-state index contributed by atoms with van der Waals surface area (Å²) in [5, 5.41) is 6.26. The highest BCUT2D eigenvalue weighted by Crippen LogP contribution is 2.31. The zero-order valence-electron chi connectivity index (χ0n) is 17.3. The molecule has 0 saturated carbocycles. The number of nitrogens with one attached hydrogen (secondary N) is 1. The number of benzene rings is 2. The number of thiazole rings is 1. The van der Waals surface area contributed by atoms with Gasteiger partial charge in [0.25, 0.3) is 5.56 Å². The number of hydrogen-bond donors (Lipinski definition) is 1. The Morgan fingerprint density at radius 3 is 2.78 bits per heavy atom. The summed E-state index contributed by atoms with van der Waals surface area (Å²) in [6, 6.07) is 13.1. The standard InChI is InChI=1S/C23H18N4O3S2/c1-13-25-18-8-5-15(9-19(18)32-13)26-20(28)10-27-12-24-22-21(23(27)29)17(11-31-22)14-3-6-16(30-2)7-4-14/h3-9,11-12H,10H2,1-2H3,(H,26,28). The Labute approximate surface area is 191 Å². The molecule has 2 aromatic carbocycles. The maximum absolute atomic E-state index is 13.2. The zero-order chi connectivity index (χ0) is 22.2. The second kappa shape index (κ2) is 8.18. The molecule has 0 atom stereocenters. The normalized spacial score (nSPS) is 11.2. The van der Waals surface area contributed by atoms with Gasteiger partial charge in [0, 0.05) is 16.6 Å². The highest BCUT2D eigenvalue weighted by molar-refractivity contribution is 7.18. The number of hydrogen-bond acceptors (Lipinski definition) is 7. The molecule has 0 radical (unpaired) electrons. The van der Waals surface area contributed by atoms with Crippen LogP contribution >= 0.6 is 22.7 Å². The number of thiophene rings is 1. The summed E-state index contributed by atoms with van der Waals surface area (Å²) in [6.07, 6.45) is 1.42. The van der Waals surface area contributed by atoms with E-state index in [4.69, 9.17) is 4.74 Å². The molecule has 0 unspecified atom stereocenters. The summed E-state index contributed by atoms with van der Waals surface area (Å²) < 4.78 is 7.55. The first kappa shape index (κ1) is 20.3. The van der Waals surface area contributed by atoms with Crippen LogP contribution in [-0.2, 0) is 11.3 Å². The van der Waals surface area contributed by atoms with Crippen LogP contribution in [0.25, 0.3) is 31.6 Å². The van der Waals surface area contributed by atoms with Gasteiger partial charge < -0.3 is 10.1 Å². The molecule has 0 bridgehead atoms. The lowest BCUT2D eigenvalue weighted by Crippen LogP contribution is -2.27. The van der Waals surface area contributed by atoms with E-state index in [2.05, 4.69) is 15.3 Å². The van der Waals surface area contributed by atoms with Gasteiger partial charge in [-0.1, -0.05) is 12.1 Å². The Morgan fingerprint density at radius 1 is 1.19 bits per heavy atom. The third-order valence-corrected chi connectivity index (χ3v) is 6.87. The van der Waals surface area contributed by atoms with Crippen molar-refractivity contribution in [2.75, 3.05) is 12.4 Å². The lowest BCUT2D eigenvalue weighted by molar-refractivity contribution is -0.116. The largest absolute Gasteiger partial charge is 0.497 e. The molecule has 9 heteroatoms. The molecule has 0 spiro atoms. The first-order valence-corrected chi connectivity index (χ1v) is 11.5. The van der Waals surface area contributed by atoms with E-state index >= 15 is 0 Å². The molecule has 32 heavy (non-hydrogen) atoms. The second-order valence-electron chi connectivity index (χ2n) is 7.20. The molecule has 3 heterocycles. The van der Waals surface area contributed by atoms with E-state index < -0.39 is 0 Å². The van der Waals surface area contributed by atoms with Crippen LogP contribution in [-0.4, -0.2) is 27.6 Å². The van der Waals surface area contributed by atoms with Crippen molar-refractivity contribution in [1.29, 1.82) is 0 Å². The van der Waals surface area contributed by atoms with Gasteiger partial charge in [-0.2, -0.15) is 0 Å². The summed E-state index contributed by atoms with van der Waals surface area (Å²) in [5.41, 5.74) is 3.02. The van der Waals surface area contributed by atoms with Crippen LogP contribution in [0.3, 0.4) is 0 Å². The Kier molecular flexibility index (Phi) is 5.20. The van der Waals surface area contributed by atoms with E-state index in [1.807, 2.05) is 54.8 Å². The lowest BCUT2D eigenvalue weighted by Gasteiger charge is -2.08. The molecular formula is C23H18N4O3S2. The minimum absolute atomic E-state index is 0.126. The zero-order valence-corrected chi connectivity index (χ0v) is 18.9. The van der Waals surface area contributed by atoms with E-state index in [0.29, 0.717) is 15.9 Å². The molecule has 5 rings (SSSR count). The van der Waals surface area contributed by atoms with Gasteiger partial charge in [0.2, 0.25) is 5.91 Å². The van der Waals surface area contributed by atoms with Gasteiger partial charge in [0.05, 0.1) is 34.0 Å². The van der Waals surface area contributed by atoms with Crippen LogP contribution in [0.2, 0.25) is 0 Å². The Hall–Kier alpha value is -3.56. The van der Waals surface area contributed by atoms with Crippen LogP contribution in [0.5, 0.6) is 5.75 Å². The topological polar surface area (TPSA) is 86.1 Å². The summed E-state index contributed by atoms with van der Waals surface area (Å²) in [7, 11) is 1.61. The van der Waals surface area contributed by atoms with Gasteiger partial charge in [0.1, 0.15) is 17.1 Å². The molecule has 0 aliphatic rings. The quantitative estimate of drug-likeness (QED) is 0.410. The smallest absolute Gasteiger partial charge is 0.263 e. The van der Waals surface area contributed by atoms with Gasteiger partial charge in [-0.05, 0) is 42.8 Å². The molecule has 0 fully saturated rings. The fourth-order valence-electron chi connectivity index (χ4n) is 3.54. The fourth-order valence-corrected chi connectivity index (χ4v) is 5.31. The number of fused-ring (bicyclic) bond motifs is 2. The van der Waals surface area contributed by atoms with Crippen molar-refractivity contribution in [1.82, 2.24) is 14.5 Å². The third kappa shape index (κ3) is 3.76. The molecule has 7 nitrogen and oxygen atoms in total. The number of methoxy groups -OCH3 is 1. The fraction of sp³-hybridized carbons (Fsp3) is 0.130. The number of rotatable bonds is 5. The van der Waals surface area contributed by atoms with Crippen molar-refractivity contribution in [3.8, 4) is 16.9 Å². The van der Waals surface area contributed by atoms with Crippen molar-refractivity contribution < 1.29 is 9.53 Å². The number of nitrogens with zero attached hydrogens (tertiary/aromatic N) is 3. The molecular weight excluding hydrogens is 444 g/mol. The average molecular weight is 463 g/mol. The number of carbonyl (C=O) groups excluding carboxylic acids is 1. The first-order valence-electron chi connectivity index (χ1n) is 9.80. The van der Waals surface area contributed by atoms with Gasteiger partial charge in [-0.25, -0.2) is 9.97 Å². The summed E-state index contributed by atoms with van der Waals surface area (Å²) in [6.45, 7) is 1.82. The van der Waals surface area contributed by atoms with Gasteiger partial charge >= 0.3 is 0 Å². The maximum atomic E-state index is 13.2. The van der Waals surface area contributed by atoms with E-state index in [0.717, 1.165) is 32.1 Å². The van der Waals surface area contributed by atoms with Crippen molar-refractivity contribution in [3.05, 3.63) is 69.5 Å². The molecule has 0 aliphatic carbocycles. The number of aromatic nitrogens is 3. The van der Waals surface area contributed by atoms with Gasteiger partial charge in [0.15, 0.2) is 0 Å². The minimum atomic E-state index is -0.296. The number of aryl methyl sites for hydroxylation is 1.